The minimum atomic E-state index is -0.477. The number of benzene rings is 3. The molecular formula is C36H36ClFN6O2. The molecule has 7 rings (SSSR count). The van der Waals surface area contributed by atoms with Gasteiger partial charge in [-0.3, -0.25) is 4.79 Å². The maximum atomic E-state index is 16.8. The van der Waals surface area contributed by atoms with Crippen LogP contribution < -0.4 is 9.64 Å². The molecule has 3 aromatic carbocycles. The third-order valence-corrected chi connectivity index (χ3v) is 9.99. The van der Waals surface area contributed by atoms with Crippen LogP contribution in [-0.4, -0.2) is 84.1 Å². The summed E-state index contributed by atoms with van der Waals surface area (Å²) in [5, 5.41) is 2.79. The van der Waals surface area contributed by atoms with Crippen LogP contribution in [-0.2, 0) is 4.79 Å². The Bertz CT molecular complexity index is 1860. The first-order valence-electron chi connectivity index (χ1n) is 15.9. The predicted octanol–water partition coefficient (Wildman–Crippen LogP) is 6.62. The number of halogens is 2. The van der Waals surface area contributed by atoms with E-state index in [-0.39, 0.29) is 35.4 Å². The summed E-state index contributed by atoms with van der Waals surface area (Å²) >= 11 is 6.64. The Morgan fingerprint density at radius 3 is 2.61 bits per heavy atom. The molecule has 3 heterocycles. The van der Waals surface area contributed by atoms with Gasteiger partial charge in [0.2, 0.25) is 12.5 Å². The van der Waals surface area contributed by atoms with Gasteiger partial charge >= 0.3 is 6.01 Å². The molecule has 46 heavy (non-hydrogen) atoms. The highest BCUT2D eigenvalue weighted by Gasteiger charge is 2.45. The van der Waals surface area contributed by atoms with Gasteiger partial charge in [0, 0.05) is 53.0 Å². The molecule has 4 aromatic rings. The molecule has 2 aliphatic heterocycles. The van der Waals surface area contributed by atoms with Gasteiger partial charge in [0.05, 0.1) is 6.61 Å². The molecular weight excluding hydrogens is 603 g/mol. The summed E-state index contributed by atoms with van der Waals surface area (Å²) in [7, 11) is 0. The van der Waals surface area contributed by atoms with Crippen LogP contribution in [0.4, 0.5) is 10.2 Å². The van der Waals surface area contributed by atoms with Gasteiger partial charge in [-0.1, -0.05) is 54.6 Å². The summed E-state index contributed by atoms with van der Waals surface area (Å²) in [5.41, 5.74) is 1.31. The number of carbonyl (C=O) groups is 1. The van der Waals surface area contributed by atoms with Crippen LogP contribution in [0.2, 0.25) is 5.02 Å². The standard InChI is InChI=1S/C36H36ClFN6O2/c1-3-30(45)44-19-18-43(21-25(44)20-39-2)34-28-13-12-27(26-10-6-8-24-9-7-11-29(37)31(24)26)32(38)33(28)40-35(41-34)46-23-36(14-15-36)22-42-16-4-5-17-42/h3,6-13,25H,1,4-5,14-23H2/t25-/m0/s1. The fourth-order valence-corrected chi connectivity index (χ4v) is 7.32. The van der Waals surface area contributed by atoms with Gasteiger partial charge in [0.25, 0.3) is 0 Å². The Balaban J connectivity index is 1.30. The zero-order chi connectivity index (χ0) is 31.8. The number of amides is 1. The molecule has 3 aliphatic rings. The third-order valence-electron chi connectivity index (χ3n) is 9.67. The first-order valence-corrected chi connectivity index (χ1v) is 16.3. The van der Waals surface area contributed by atoms with E-state index in [4.69, 9.17) is 27.9 Å². The predicted molar refractivity (Wildman–Crippen MR) is 180 cm³/mol. The van der Waals surface area contributed by atoms with Crippen molar-refractivity contribution in [1.82, 2.24) is 19.8 Å². The molecule has 0 bridgehead atoms. The van der Waals surface area contributed by atoms with E-state index in [0.29, 0.717) is 53.6 Å². The molecule has 236 valence electrons. The number of piperazine rings is 1. The molecule has 1 atom stereocenters. The highest BCUT2D eigenvalue weighted by atomic mass is 35.5. The zero-order valence-corrected chi connectivity index (χ0v) is 26.5. The number of fused-ring (bicyclic) bond motifs is 2. The smallest absolute Gasteiger partial charge is 0.319 e. The number of nitrogens with zero attached hydrogens (tertiary/aromatic N) is 6. The fraction of sp³-hybridized carbons (Fsp3) is 0.389. The second-order valence-corrected chi connectivity index (χ2v) is 13.2. The molecule has 8 nitrogen and oxygen atoms in total. The SMILES string of the molecule is [C-]#[N+]C[C@H]1CN(c2nc(OCC3(CN4CCCC4)CC3)nc3c(F)c(-c4cccc5cccc(Cl)c45)ccc23)CCN1C(=O)C=C. The minimum absolute atomic E-state index is 0.0698. The second kappa shape index (κ2) is 12.5. The Kier molecular flexibility index (Phi) is 8.26. The van der Waals surface area contributed by atoms with Crippen molar-refractivity contribution in [3.05, 3.63) is 83.4 Å². The number of carbonyl (C=O) groups excluding carboxylic acids is 1. The van der Waals surface area contributed by atoms with E-state index in [1.165, 1.54) is 18.9 Å². The van der Waals surface area contributed by atoms with E-state index in [1.54, 1.807) is 11.0 Å². The van der Waals surface area contributed by atoms with Crippen LogP contribution in [0.25, 0.3) is 37.6 Å². The first kappa shape index (κ1) is 30.4. The van der Waals surface area contributed by atoms with Crippen LogP contribution in [0.1, 0.15) is 25.7 Å². The van der Waals surface area contributed by atoms with E-state index in [9.17, 15) is 4.79 Å². The van der Waals surface area contributed by atoms with Gasteiger partial charge in [-0.2, -0.15) is 9.97 Å². The van der Waals surface area contributed by atoms with Gasteiger partial charge in [-0.15, -0.1) is 0 Å². The molecule has 10 heteroatoms. The van der Waals surface area contributed by atoms with E-state index >= 15 is 4.39 Å². The lowest BCUT2D eigenvalue weighted by atomic mass is 9.96. The van der Waals surface area contributed by atoms with Crippen LogP contribution in [0.5, 0.6) is 6.01 Å². The monoisotopic (exact) mass is 638 g/mol. The minimum Gasteiger partial charge on any atom is -0.463 e. The van der Waals surface area contributed by atoms with E-state index in [2.05, 4.69) is 21.3 Å². The maximum absolute atomic E-state index is 16.8. The molecule has 3 fully saturated rings. The molecule has 1 amide bonds. The van der Waals surface area contributed by atoms with Crippen molar-refractivity contribution in [1.29, 1.82) is 0 Å². The van der Waals surface area contributed by atoms with Gasteiger partial charge in [0.1, 0.15) is 17.4 Å². The van der Waals surface area contributed by atoms with Crippen LogP contribution in [0, 0.1) is 17.8 Å². The largest absolute Gasteiger partial charge is 0.463 e. The summed E-state index contributed by atoms with van der Waals surface area (Å²) in [5.74, 6) is -0.150. The second-order valence-electron chi connectivity index (χ2n) is 12.7. The number of hydrogen-bond acceptors (Lipinski definition) is 6. The highest BCUT2D eigenvalue weighted by molar-refractivity contribution is 6.36. The third kappa shape index (κ3) is 5.76. The van der Waals surface area contributed by atoms with Crippen molar-refractivity contribution in [2.45, 2.75) is 31.7 Å². The Hall–Kier alpha value is -4.26. The van der Waals surface area contributed by atoms with Crippen LogP contribution in [0.3, 0.4) is 0 Å². The lowest BCUT2D eigenvalue weighted by Crippen LogP contribution is -2.56. The van der Waals surface area contributed by atoms with E-state index < -0.39 is 5.82 Å². The summed E-state index contributed by atoms with van der Waals surface area (Å²) < 4.78 is 23.1. The number of anilines is 1. The van der Waals surface area contributed by atoms with Gasteiger partial charge in [-0.05, 0) is 67.9 Å². The molecule has 0 spiro atoms. The summed E-state index contributed by atoms with van der Waals surface area (Å²) in [4.78, 5) is 31.9. The van der Waals surface area contributed by atoms with E-state index in [0.717, 1.165) is 43.2 Å². The molecule has 1 aliphatic carbocycles. The van der Waals surface area contributed by atoms with Crippen molar-refractivity contribution in [2.75, 3.05) is 57.3 Å². The van der Waals surface area contributed by atoms with Crippen molar-refractivity contribution in [3.8, 4) is 17.1 Å². The van der Waals surface area contributed by atoms with Crippen molar-refractivity contribution in [3.63, 3.8) is 0 Å². The topological polar surface area (TPSA) is 66.2 Å². The molecule has 0 radical (unpaired) electrons. The molecule has 1 saturated carbocycles. The maximum Gasteiger partial charge on any atom is 0.319 e. The normalized spacial score (nSPS) is 19.4. The van der Waals surface area contributed by atoms with Crippen molar-refractivity contribution >= 4 is 45.0 Å². The van der Waals surface area contributed by atoms with Crippen LogP contribution in [0.15, 0.2) is 61.2 Å². The summed E-state index contributed by atoms with van der Waals surface area (Å²) in [6.07, 6.45) is 5.92. The van der Waals surface area contributed by atoms with E-state index in [1.807, 2.05) is 47.4 Å². The number of rotatable bonds is 9. The molecule has 0 N–H and O–H groups in total. The number of aromatic nitrogens is 2. The Morgan fingerprint density at radius 1 is 1.09 bits per heavy atom. The summed E-state index contributed by atoms with van der Waals surface area (Å²) in [6.45, 7) is 16.2. The number of hydrogen-bond donors (Lipinski definition) is 0. The number of ether oxygens (including phenoxy) is 1. The highest BCUT2D eigenvalue weighted by Crippen LogP contribution is 2.47. The first-order chi connectivity index (χ1) is 22.4. The zero-order valence-electron chi connectivity index (χ0n) is 25.7. The Morgan fingerprint density at radius 2 is 1.87 bits per heavy atom. The van der Waals surface area contributed by atoms with Crippen molar-refractivity contribution < 1.29 is 13.9 Å². The van der Waals surface area contributed by atoms with Crippen LogP contribution >= 0.6 is 11.6 Å². The average molecular weight is 639 g/mol. The Labute approximate surface area is 273 Å². The lowest BCUT2D eigenvalue weighted by Gasteiger charge is -2.39. The number of likely N-dealkylation sites (tertiary alicyclic amines) is 1. The summed E-state index contributed by atoms with van der Waals surface area (Å²) in [6, 6.07) is 14.8. The molecule has 0 unspecified atom stereocenters. The molecule has 1 aromatic heterocycles. The van der Waals surface area contributed by atoms with Crippen molar-refractivity contribution in [2.24, 2.45) is 5.41 Å². The van der Waals surface area contributed by atoms with Gasteiger partial charge < -0.3 is 24.3 Å². The van der Waals surface area contributed by atoms with Gasteiger partial charge in [0.15, 0.2) is 5.82 Å². The van der Waals surface area contributed by atoms with Gasteiger partial charge in [-0.25, -0.2) is 11.0 Å². The quantitative estimate of drug-likeness (QED) is 0.152. The average Bonchev–Trinajstić information content (AvgIpc) is 3.64. The lowest BCUT2D eigenvalue weighted by molar-refractivity contribution is -0.128. The fourth-order valence-electron chi connectivity index (χ4n) is 7.03. The molecule has 2 saturated heterocycles.